The molecule has 3 rings (SSSR count). The molecule has 6 heteroatoms. The summed E-state index contributed by atoms with van der Waals surface area (Å²) in [5, 5.41) is 2.01. The van der Waals surface area contributed by atoms with Crippen LogP contribution in [-0.2, 0) is 14.8 Å². The van der Waals surface area contributed by atoms with Gasteiger partial charge in [-0.3, -0.25) is 0 Å². The third-order valence-corrected chi connectivity index (χ3v) is 6.80. The summed E-state index contributed by atoms with van der Waals surface area (Å²) in [6.45, 7) is 2.78. The fourth-order valence-electron chi connectivity index (χ4n) is 3.47. The van der Waals surface area contributed by atoms with Crippen LogP contribution >= 0.6 is 0 Å². The van der Waals surface area contributed by atoms with E-state index in [1.807, 2.05) is 37.4 Å². The summed E-state index contributed by atoms with van der Waals surface area (Å²) >= 11 is 0. The van der Waals surface area contributed by atoms with Crippen LogP contribution in [0, 0.1) is 0 Å². The van der Waals surface area contributed by atoms with Crippen molar-refractivity contribution in [1.82, 2.24) is 9.21 Å². The van der Waals surface area contributed by atoms with Crippen LogP contribution in [-0.4, -0.2) is 64.1 Å². The van der Waals surface area contributed by atoms with Gasteiger partial charge in [-0.2, -0.15) is 4.31 Å². The van der Waals surface area contributed by atoms with Crippen LogP contribution in [0.3, 0.4) is 0 Å². The van der Waals surface area contributed by atoms with Crippen molar-refractivity contribution in [3.8, 4) is 0 Å². The predicted octanol–water partition coefficient (Wildman–Crippen LogP) is 2.57. The summed E-state index contributed by atoms with van der Waals surface area (Å²) < 4.78 is 33.1. The molecule has 0 amide bonds. The van der Waals surface area contributed by atoms with Crippen molar-refractivity contribution in [1.29, 1.82) is 0 Å². The summed E-state index contributed by atoms with van der Waals surface area (Å²) in [6, 6.07) is 13.3. The third kappa shape index (κ3) is 4.03. The topological polar surface area (TPSA) is 49.9 Å². The molecule has 0 spiro atoms. The molecule has 0 unspecified atom stereocenters. The third-order valence-electron chi connectivity index (χ3n) is 4.85. The molecule has 0 radical (unpaired) electrons. The van der Waals surface area contributed by atoms with Crippen LogP contribution in [0.5, 0.6) is 0 Å². The Balaban J connectivity index is 1.81. The van der Waals surface area contributed by atoms with E-state index in [0.717, 1.165) is 36.7 Å². The second-order valence-corrected chi connectivity index (χ2v) is 8.57. The Morgan fingerprint density at radius 1 is 1.20 bits per heavy atom. The minimum atomic E-state index is -3.47. The maximum atomic E-state index is 13.2. The van der Waals surface area contributed by atoms with Crippen molar-refractivity contribution < 1.29 is 13.2 Å². The molecule has 1 heterocycles. The van der Waals surface area contributed by atoms with E-state index >= 15 is 0 Å². The monoisotopic (exact) mass is 362 g/mol. The Kier molecular flexibility index (Phi) is 5.74. The Bertz CT molecular complexity index is 822. The largest absolute Gasteiger partial charge is 0.383 e. The van der Waals surface area contributed by atoms with Crippen LogP contribution in [0.15, 0.2) is 47.4 Å². The maximum Gasteiger partial charge on any atom is 0.243 e. The van der Waals surface area contributed by atoms with Gasteiger partial charge in [0.2, 0.25) is 10.0 Å². The molecule has 1 aliphatic rings. The van der Waals surface area contributed by atoms with Crippen LogP contribution in [0.1, 0.15) is 12.8 Å². The summed E-state index contributed by atoms with van der Waals surface area (Å²) in [7, 11) is 0.222. The molecule has 25 heavy (non-hydrogen) atoms. The number of rotatable bonds is 7. The quantitative estimate of drug-likeness (QED) is 0.760. The van der Waals surface area contributed by atoms with Crippen molar-refractivity contribution in [3.05, 3.63) is 42.5 Å². The van der Waals surface area contributed by atoms with E-state index in [4.69, 9.17) is 4.74 Å². The van der Waals surface area contributed by atoms with Crippen molar-refractivity contribution in [2.75, 3.05) is 40.4 Å². The van der Waals surface area contributed by atoms with Crippen LogP contribution < -0.4 is 0 Å². The zero-order valence-corrected chi connectivity index (χ0v) is 15.7. The van der Waals surface area contributed by atoms with E-state index in [1.54, 1.807) is 23.5 Å². The van der Waals surface area contributed by atoms with Gasteiger partial charge in [0.05, 0.1) is 11.5 Å². The SMILES string of the molecule is COCCN(C)C[C@H]1CCCN1S(=O)(=O)c1ccc2ccccc2c1. The lowest BCUT2D eigenvalue weighted by atomic mass is 10.1. The fraction of sp³-hybridized carbons (Fsp3) is 0.474. The number of fused-ring (bicyclic) bond motifs is 1. The molecule has 0 saturated carbocycles. The normalized spacial score (nSPS) is 19.1. The minimum absolute atomic E-state index is 0.0262. The van der Waals surface area contributed by atoms with Crippen molar-refractivity contribution in [2.45, 2.75) is 23.8 Å². The minimum Gasteiger partial charge on any atom is -0.383 e. The molecule has 1 atom stereocenters. The van der Waals surface area contributed by atoms with E-state index in [-0.39, 0.29) is 6.04 Å². The smallest absolute Gasteiger partial charge is 0.243 e. The second-order valence-electron chi connectivity index (χ2n) is 6.68. The molecule has 1 fully saturated rings. The highest BCUT2D eigenvalue weighted by atomic mass is 32.2. The molecule has 1 saturated heterocycles. The van der Waals surface area contributed by atoms with Gasteiger partial charge < -0.3 is 9.64 Å². The highest BCUT2D eigenvalue weighted by molar-refractivity contribution is 7.89. The van der Waals surface area contributed by atoms with Crippen molar-refractivity contribution >= 4 is 20.8 Å². The summed E-state index contributed by atoms with van der Waals surface area (Å²) in [5.74, 6) is 0. The number of hydrogen-bond acceptors (Lipinski definition) is 4. The van der Waals surface area contributed by atoms with E-state index < -0.39 is 10.0 Å². The first kappa shape index (κ1) is 18.3. The van der Waals surface area contributed by atoms with E-state index in [9.17, 15) is 8.42 Å². The Hall–Kier alpha value is -1.47. The van der Waals surface area contributed by atoms with E-state index in [0.29, 0.717) is 18.0 Å². The summed E-state index contributed by atoms with van der Waals surface area (Å²) in [5.41, 5.74) is 0. The Morgan fingerprint density at radius 3 is 2.72 bits per heavy atom. The van der Waals surface area contributed by atoms with Gasteiger partial charge in [-0.15, -0.1) is 0 Å². The maximum absolute atomic E-state index is 13.2. The molecular formula is C19H26N2O3S. The number of methoxy groups -OCH3 is 1. The zero-order valence-electron chi connectivity index (χ0n) is 14.9. The Morgan fingerprint density at radius 2 is 1.96 bits per heavy atom. The lowest BCUT2D eigenvalue weighted by Crippen LogP contribution is -2.42. The van der Waals surface area contributed by atoms with Gasteiger partial charge in [-0.1, -0.05) is 30.3 Å². The lowest BCUT2D eigenvalue weighted by Gasteiger charge is -2.28. The molecule has 1 aliphatic heterocycles. The van der Waals surface area contributed by atoms with Gasteiger partial charge in [0.1, 0.15) is 0 Å². The highest BCUT2D eigenvalue weighted by Gasteiger charge is 2.35. The highest BCUT2D eigenvalue weighted by Crippen LogP contribution is 2.28. The zero-order chi connectivity index (χ0) is 17.9. The Labute approximate surface area is 150 Å². The van der Waals surface area contributed by atoms with Gasteiger partial charge >= 0.3 is 0 Å². The standard InChI is InChI=1S/C19H26N2O3S/c1-20(12-13-24-2)15-18-8-5-11-21(18)25(22,23)19-10-9-16-6-3-4-7-17(16)14-19/h3-4,6-7,9-10,14,18H,5,8,11-13,15H2,1-2H3/t18-/m1/s1. The van der Waals surface area contributed by atoms with Crippen LogP contribution in [0.2, 0.25) is 0 Å². The summed E-state index contributed by atoms with van der Waals surface area (Å²) in [4.78, 5) is 2.53. The molecule has 0 N–H and O–H groups in total. The number of ether oxygens (including phenoxy) is 1. The van der Waals surface area contributed by atoms with E-state index in [1.165, 1.54) is 0 Å². The molecular weight excluding hydrogens is 336 g/mol. The number of benzene rings is 2. The fourth-order valence-corrected chi connectivity index (χ4v) is 5.19. The average Bonchev–Trinajstić information content (AvgIpc) is 3.08. The number of likely N-dealkylation sites (N-methyl/N-ethyl adjacent to an activating group) is 1. The van der Waals surface area contributed by atoms with Crippen LogP contribution in [0.25, 0.3) is 10.8 Å². The van der Waals surface area contributed by atoms with Gasteiger partial charge in [-0.25, -0.2) is 8.42 Å². The predicted molar refractivity (Wildman–Crippen MR) is 100 cm³/mol. The van der Waals surface area contributed by atoms with Crippen LogP contribution in [0.4, 0.5) is 0 Å². The lowest BCUT2D eigenvalue weighted by molar-refractivity contribution is 0.151. The molecule has 0 aliphatic carbocycles. The van der Waals surface area contributed by atoms with Crippen molar-refractivity contribution in [3.63, 3.8) is 0 Å². The second kappa shape index (κ2) is 7.83. The molecule has 0 bridgehead atoms. The summed E-state index contributed by atoms with van der Waals surface area (Å²) in [6.07, 6.45) is 1.82. The molecule has 0 aromatic heterocycles. The average molecular weight is 362 g/mol. The number of nitrogens with zero attached hydrogens (tertiary/aromatic N) is 2. The van der Waals surface area contributed by atoms with Gasteiger partial charge in [0.15, 0.2) is 0 Å². The molecule has 5 nitrogen and oxygen atoms in total. The van der Waals surface area contributed by atoms with Gasteiger partial charge in [-0.05, 0) is 42.8 Å². The molecule has 2 aromatic carbocycles. The first-order valence-electron chi connectivity index (χ1n) is 8.70. The molecule has 2 aromatic rings. The first-order valence-corrected chi connectivity index (χ1v) is 10.1. The van der Waals surface area contributed by atoms with Gasteiger partial charge in [0, 0.05) is 32.8 Å². The van der Waals surface area contributed by atoms with Crippen molar-refractivity contribution in [2.24, 2.45) is 0 Å². The molecule has 136 valence electrons. The van der Waals surface area contributed by atoms with Gasteiger partial charge in [0.25, 0.3) is 0 Å². The van der Waals surface area contributed by atoms with E-state index in [2.05, 4.69) is 4.90 Å². The number of hydrogen-bond donors (Lipinski definition) is 0. The number of sulfonamides is 1. The first-order chi connectivity index (χ1) is 12.0.